The Labute approximate surface area is 148 Å². The Morgan fingerprint density at radius 3 is 2.38 bits per heavy atom. The van der Waals surface area contributed by atoms with Crippen LogP contribution in [0.5, 0.6) is 0 Å². The second-order valence-corrected chi connectivity index (χ2v) is 5.34. The van der Waals surface area contributed by atoms with Crippen molar-refractivity contribution in [3.05, 3.63) is 76.9 Å². The molecule has 0 aromatic heterocycles. The molecule has 0 aliphatic carbocycles. The van der Waals surface area contributed by atoms with E-state index in [1.165, 1.54) is 6.08 Å². The number of carboxylic acids is 1. The van der Waals surface area contributed by atoms with E-state index < -0.39 is 29.3 Å². The first kappa shape index (κ1) is 19.1. The molecule has 0 spiro atoms. The van der Waals surface area contributed by atoms with Gasteiger partial charge >= 0.3 is 12.1 Å². The van der Waals surface area contributed by atoms with Crippen LogP contribution in [0.15, 0.2) is 48.5 Å². The van der Waals surface area contributed by atoms with Gasteiger partial charge in [0.05, 0.1) is 0 Å². The van der Waals surface area contributed by atoms with Crippen molar-refractivity contribution >= 4 is 18.1 Å². The van der Waals surface area contributed by atoms with Crippen LogP contribution in [-0.4, -0.2) is 23.7 Å². The zero-order valence-corrected chi connectivity index (χ0v) is 13.7. The minimum absolute atomic E-state index is 0.164. The number of aromatic carboxylic acids is 1. The molecule has 0 radical (unpaired) electrons. The van der Waals surface area contributed by atoms with E-state index in [2.05, 4.69) is 5.32 Å². The van der Waals surface area contributed by atoms with Gasteiger partial charge in [-0.1, -0.05) is 42.5 Å². The lowest BCUT2D eigenvalue weighted by Crippen LogP contribution is -2.24. The summed E-state index contributed by atoms with van der Waals surface area (Å²) in [6, 6.07) is 11.1. The fraction of sp³-hybridized carbons (Fsp3) is 0.158. The number of amides is 1. The van der Waals surface area contributed by atoms with Gasteiger partial charge < -0.3 is 15.2 Å². The summed E-state index contributed by atoms with van der Waals surface area (Å²) in [5.74, 6) is -3.94. The highest BCUT2D eigenvalue weighted by atomic mass is 19.1. The van der Waals surface area contributed by atoms with E-state index in [1.807, 2.05) is 30.3 Å². The van der Waals surface area contributed by atoms with Crippen LogP contribution in [0.25, 0.3) is 6.08 Å². The van der Waals surface area contributed by atoms with Gasteiger partial charge in [-0.3, -0.25) is 0 Å². The second kappa shape index (κ2) is 9.31. The molecule has 2 aromatic carbocycles. The Bertz CT molecular complexity index is 783. The maximum absolute atomic E-state index is 13.5. The zero-order valence-electron chi connectivity index (χ0n) is 13.7. The number of ether oxygens (including phenoxy) is 1. The topological polar surface area (TPSA) is 75.6 Å². The van der Waals surface area contributed by atoms with Crippen molar-refractivity contribution in [2.45, 2.75) is 13.0 Å². The molecule has 0 heterocycles. The Hall–Kier alpha value is -3.22. The summed E-state index contributed by atoms with van der Waals surface area (Å²) in [7, 11) is 0. The molecule has 2 rings (SSSR count). The molecule has 26 heavy (non-hydrogen) atoms. The number of rotatable bonds is 7. The highest BCUT2D eigenvalue weighted by Crippen LogP contribution is 2.16. The molecule has 5 nitrogen and oxygen atoms in total. The van der Waals surface area contributed by atoms with Gasteiger partial charge in [0.25, 0.3) is 0 Å². The van der Waals surface area contributed by atoms with Gasteiger partial charge in [-0.05, 0) is 29.7 Å². The number of carbonyl (C=O) groups is 2. The number of hydrogen-bond acceptors (Lipinski definition) is 3. The largest absolute Gasteiger partial charge is 0.477 e. The summed E-state index contributed by atoms with van der Waals surface area (Å²) in [5, 5.41) is 11.2. The number of halogens is 2. The summed E-state index contributed by atoms with van der Waals surface area (Å²) in [6.07, 6.45) is 2.88. The number of hydrogen-bond donors (Lipinski definition) is 2. The molecule has 0 unspecified atom stereocenters. The first-order chi connectivity index (χ1) is 12.5. The van der Waals surface area contributed by atoms with Crippen LogP contribution in [-0.2, 0) is 11.3 Å². The van der Waals surface area contributed by atoms with Crippen molar-refractivity contribution in [1.29, 1.82) is 0 Å². The summed E-state index contributed by atoms with van der Waals surface area (Å²) in [5.41, 5.74) is 0.0815. The molecule has 0 atom stereocenters. The predicted octanol–water partition coefficient (Wildman–Crippen LogP) is 3.99. The van der Waals surface area contributed by atoms with Crippen LogP contribution in [0.4, 0.5) is 13.6 Å². The molecule has 136 valence electrons. The Kier molecular flexibility index (Phi) is 6.84. The molecule has 0 saturated heterocycles. The lowest BCUT2D eigenvalue weighted by molar-refractivity contribution is 0.0686. The highest BCUT2D eigenvalue weighted by molar-refractivity contribution is 5.88. The van der Waals surface area contributed by atoms with E-state index >= 15 is 0 Å². The van der Waals surface area contributed by atoms with Crippen LogP contribution < -0.4 is 5.32 Å². The third-order valence-corrected chi connectivity index (χ3v) is 3.38. The van der Waals surface area contributed by atoms with Gasteiger partial charge in [0.2, 0.25) is 0 Å². The van der Waals surface area contributed by atoms with Gasteiger partial charge in [0, 0.05) is 6.54 Å². The van der Waals surface area contributed by atoms with Crippen molar-refractivity contribution in [2.75, 3.05) is 6.54 Å². The average Bonchev–Trinajstić information content (AvgIpc) is 2.59. The monoisotopic (exact) mass is 361 g/mol. The Balaban J connectivity index is 1.75. The third-order valence-electron chi connectivity index (χ3n) is 3.38. The number of nitrogens with one attached hydrogen (secondary N) is 1. The van der Waals surface area contributed by atoms with E-state index in [0.29, 0.717) is 6.42 Å². The van der Waals surface area contributed by atoms with E-state index in [0.717, 1.165) is 17.7 Å². The fourth-order valence-corrected chi connectivity index (χ4v) is 2.14. The molecule has 2 N–H and O–H groups in total. The lowest BCUT2D eigenvalue weighted by atomic mass is 10.1. The number of alkyl carbamates (subject to hydrolysis) is 1. The Morgan fingerprint density at radius 1 is 1.12 bits per heavy atom. The molecule has 7 heteroatoms. The molecular formula is C19H17F2NO4. The van der Waals surface area contributed by atoms with Gasteiger partial charge in [0.1, 0.15) is 23.8 Å². The molecule has 0 saturated carbocycles. The summed E-state index contributed by atoms with van der Waals surface area (Å²) in [6.45, 7) is 0.444. The SMILES string of the molecule is O=C(NCCC=Cc1cc(F)c(C(=O)O)c(F)c1)OCc1ccccc1. The van der Waals surface area contributed by atoms with Crippen molar-refractivity contribution in [2.24, 2.45) is 0 Å². The Morgan fingerprint density at radius 2 is 1.77 bits per heavy atom. The molecule has 0 fully saturated rings. The van der Waals surface area contributed by atoms with Gasteiger partial charge in [-0.2, -0.15) is 0 Å². The second-order valence-electron chi connectivity index (χ2n) is 5.34. The van der Waals surface area contributed by atoms with Crippen molar-refractivity contribution in [3.8, 4) is 0 Å². The van der Waals surface area contributed by atoms with Gasteiger partial charge in [-0.25, -0.2) is 18.4 Å². The standard InChI is InChI=1S/C19H17F2NO4/c20-15-10-14(11-16(21)17(15)18(23)24)8-4-5-9-22-19(25)26-12-13-6-2-1-3-7-13/h1-4,6-8,10-11H,5,9,12H2,(H,22,25)(H,23,24). The molecule has 0 aliphatic rings. The summed E-state index contributed by atoms with van der Waals surface area (Å²) >= 11 is 0. The number of benzene rings is 2. The van der Waals surface area contributed by atoms with Crippen molar-refractivity contribution < 1.29 is 28.2 Å². The number of carbonyl (C=O) groups excluding carboxylic acids is 1. The number of carboxylic acid groups (broad SMARTS) is 1. The van der Waals surface area contributed by atoms with Gasteiger partial charge in [0.15, 0.2) is 0 Å². The zero-order chi connectivity index (χ0) is 18.9. The van der Waals surface area contributed by atoms with Crippen LogP contribution in [0.2, 0.25) is 0 Å². The molecular weight excluding hydrogens is 344 g/mol. The summed E-state index contributed by atoms with van der Waals surface area (Å²) < 4.78 is 32.1. The van der Waals surface area contributed by atoms with Crippen molar-refractivity contribution in [3.63, 3.8) is 0 Å². The normalized spacial score (nSPS) is 10.7. The minimum Gasteiger partial charge on any atom is -0.477 e. The predicted molar refractivity (Wildman–Crippen MR) is 91.6 cm³/mol. The maximum Gasteiger partial charge on any atom is 0.407 e. The molecule has 1 amide bonds. The summed E-state index contributed by atoms with van der Waals surface area (Å²) in [4.78, 5) is 22.2. The lowest BCUT2D eigenvalue weighted by Gasteiger charge is -2.06. The third kappa shape index (κ3) is 5.70. The first-order valence-corrected chi connectivity index (χ1v) is 7.81. The van der Waals surface area contributed by atoms with Gasteiger partial charge in [-0.15, -0.1) is 0 Å². The van der Waals surface area contributed by atoms with E-state index in [1.54, 1.807) is 6.08 Å². The van der Waals surface area contributed by atoms with Crippen LogP contribution in [0, 0.1) is 11.6 Å². The van der Waals surface area contributed by atoms with E-state index in [4.69, 9.17) is 9.84 Å². The fourth-order valence-electron chi connectivity index (χ4n) is 2.14. The minimum atomic E-state index is -1.66. The molecule has 2 aromatic rings. The quantitative estimate of drug-likeness (QED) is 0.731. The first-order valence-electron chi connectivity index (χ1n) is 7.81. The average molecular weight is 361 g/mol. The molecule has 0 aliphatic heterocycles. The van der Waals surface area contributed by atoms with Crippen molar-refractivity contribution in [1.82, 2.24) is 5.32 Å². The smallest absolute Gasteiger partial charge is 0.407 e. The van der Waals surface area contributed by atoms with Crippen LogP contribution in [0.1, 0.15) is 27.9 Å². The van der Waals surface area contributed by atoms with E-state index in [-0.39, 0.29) is 18.7 Å². The maximum atomic E-state index is 13.5. The molecule has 0 bridgehead atoms. The van der Waals surface area contributed by atoms with E-state index in [9.17, 15) is 18.4 Å². The van der Waals surface area contributed by atoms with Crippen LogP contribution >= 0.6 is 0 Å². The highest BCUT2D eigenvalue weighted by Gasteiger charge is 2.16. The van der Waals surface area contributed by atoms with Crippen LogP contribution in [0.3, 0.4) is 0 Å².